The minimum atomic E-state index is -0.292. The molecule has 106 valence electrons. The summed E-state index contributed by atoms with van der Waals surface area (Å²) < 4.78 is 5.27. The first-order valence-corrected chi connectivity index (χ1v) is 6.94. The number of phenols is 1. The van der Waals surface area contributed by atoms with E-state index in [9.17, 15) is 9.90 Å². The lowest BCUT2D eigenvalue weighted by atomic mass is 9.96. The second-order valence-corrected chi connectivity index (χ2v) is 5.10. The Kier molecular flexibility index (Phi) is 5.87. The Labute approximate surface area is 115 Å². The third kappa shape index (κ3) is 4.27. The highest BCUT2D eigenvalue weighted by molar-refractivity contribution is 5.78. The second kappa shape index (κ2) is 7.17. The van der Waals surface area contributed by atoms with Crippen LogP contribution in [-0.2, 0) is 9.53 Å². The highest BCUT2D eigenvalue weighted by Gasteiger charge is 2.18. The molecular formula is C16H24O3. The number of aromatic hydroxyl groups is 1. The molecule has 1 atom stereocenters. The van der Waals surface area contributed by atoms with E-state index in [1.165, 1.54) is 0 Å². The minimum Gasteiger partial charge on any atom is -0.507 e. The van der Waals surface area contributed by atoms with Crippen LogP contribution in [0.25, 0.3) is 0 Å². The Balaban J connectivity index is 2.66. The number of rotatable bonds is 6. The molecule has 0 fully saturated rings. The van der Waals surface area contributed by atoms with Gasteiger partial charge in [-0.2, -0.15) is 0 Å². The number of carbonyl (C=O) groups excluding carboxylic acids is 1. The van der Waals surface area contributed by atoms with Gasteiger partial charge in [0.05, 0.1) is 12.5 Å². The molecule has 1 N–H and O–H groups in total. The van der Waals surface area contributed by atoms with E-state index in [1.807, 2.05) is 32.9 Å². The fourth-order valence-corrected chi connectivity index (χ4v) is 2.03. The molecule has 0 aliphatic rings. The number of esters is 1. The summed E-state index contributed by atoms with van der Waals surface area (Å²) in [6, 6.07) is 3.70. The van der Waals surface area contributed by atoms with E-state index >= 15 is 0 Å². The van der Waals surface area contributed by atoms with Crippen LogP contribution in [0.4, 0.5) is 0 Å². The van der Waals surface area contributed by atoms with Gasteiger partial charge in [0.15, 0.2) is 0 Å². The Bertz CT molecular complexity index is 415. The van der Waals surface area contributed by atoms with Crippen LogP contribution >= 0.6 is 0 Å². The number of hydrogen-bond acceptors (Lipinski definition) is 3. The first-order valence-electron chi connectivity index (χ1n) is 6.94. The van der Waals surface area contributed by atoms with Gasteiger partial charge in [-0.15, -0.1) is 0 Å². The van der Waals surface area contributed by atoms with Gasteiger partial charge in [0, 0.05) is 0 Å². The van der Waals surface area contributed by atoms with Crippen LogP contribution in [0.2, 0.25) is 0 Å². The number of hydrogen-bond donors (Lipinski definition) is 1. The molecule has 0 aliphatic heterocycles. The molecule has 0 spiro atoms. The minimum absolute atomic E-state index is 0.194. The van der Waals surface area contributed by atoms with E-state index in [4.69, 9.17) is 4.74 Å². The molecule has 3 heteroatoms. The average molecular weight is 264 g/mol. The van der Waals surface area contributed by atoms with E-state index in [0.717, 1.165) is 36.0 Å². The zero-order chi connectivity index (χ0) is 14.4. The van der Waals surface area contributed by atoms with Gasteiger partial charge in [-0.05, 0) is 43.9 Å². The van der Waals surface area contributed by atoms with Gasteiger partial charge < -0.3 is 9.84 Å². The van der Waals surface area contributed by atoms with Gasteiger partial charge in [0.25, 0.3) is 0 Å². The quantitative estimate of drug-likeness (QED) is 0.627. The van der Waals surface area contributed by atoms with E-state index in [-0.39, 0.29) is 11.9 Å². The molecule has 0 aromatic heterocycles. The van der Waals surface area contributed by atoms with Crippen LogP contribution in [0.5, 0.6) is 5.75 Å². The van der Waals surface area contributed by atoms with Crippen LogP contribution in [-0.4, -0.2) is 17.7 Å². The Morgan fingerprint density at radius 3 is 2.37 bits per heavy atom. The molecule has 1 aromatic carbocycles. The predicted octanol–water partition coefficient (Wildman–Crippen LogP) is 3.85. The maximum Gasteiger partial charge on any atom is 0.313 e. The maximum absolute atomic E-state index is 11.9. The van der Waals surface area contributed by atoms with Crippen LogP contribution in [0.3, 0.4) is 0 Å². The van der Waals surface area contributed by atoms with Crippen LogP contribution in [0, 0.1) is 13.8 Å². The smallest absolute Gasteiger partial charge is 0.313 e. The van der Waals surface area contributed by atoms with Crippen molar-refractivity contribution in [1.82, 2.24) is 0 Å². The van der Waals surface area contributed by atoms with Crippen molar-refractivity contribution >= 4 is 5.97 Å². The summed E-state index contributed by atoms with van der Waals surface area (Å²) in [5.41, 5.74) is 2.48. The first kappa shape index (κ1) is 15.5. The summed E-state index contributed by atoms with van der Waals surface area (Å²) in [6.07, 6.45) is 3.12. The molecule has 0 amide bonds. The fourth-order valence-electron chi connectivity index (χ4n) is 2.03. The monoisotopic (exact) mass is 264 g/mol. The third-order valence-electron chi connectivity index (χ3n) is 3.36. The number of phenolic OH excluding ortho intramolecular Hbond substituents is 1. The van der Waals surface area contributed by atoms with E-state index in [0.29, 0.717) is 12.4 Å². The van der Waals surface area contributed by atoms with E-state index in [2.05, 4.69) is 6.92 Å². The van der Waals surface area contributed by atoms with E-state index in [1.54, 1.807) is 0 Å². The molecule has 1 unspecified atom stereocenters. The lowest BCUT2D eigenvalue weighted by molar-refractivity contribution is -0.145. The fraction of sp³-hybridized carbons (Fsp3) is 0.562. The Morgan fingerprint density at radius 1 is 1.26 bits per heavy atom. The Hall–Kier alpha value is -1.51. The zero-order valence-electron chi connectivity index (χ0n) is 12.3. The molecule has 0 heterocycles. The Morgan fingerprint density at radius 2 is 1.84 bits per heavy atom. The van der Waals surface area contributed by atoms with Crippen molar-refractivity contribution in [2.75, 3.05) is 6.61 Å². The normalized spacial score (nSPS) is 12.2. The zero-order valence-corrected chi connectivity index (χ0v) is 12.3. The van der Waals surface area contributed by atoms with Crippen molar-refractivity contribution in [1.29, 1.82) is 0 Å². The highest BCUT2D eigenvalue weighted by Crippen LogP contribution is 2.27. The molecule has 0 saturated heterocycles. The van der Waals surface area contributed by atoms with Crippen molar-refractivity contribution < 1.29 is 14.6 Å². The van der Waals surface area contributed by atoms with Crippen molar-refractivity contribution in [2.24, 2.45) is 0 Å². The highest BCUT2D eigenvalue weighted by atomic mass is 16.5. The summed E-state index contributed by atoms with van der Waals surface area (Å²) in [6.45, 7) is 8.13. The second-order valence-electron chi connectivity index (χ2n) is 5.10. The molecule has 1 rings (SSSR count). The SMILES string of the molecule is CCCCCOC(=O)C(C)c1cc(C)c(O)c(C)c1. The standard InChI is InChI=1S/C16H24O3/c1-5-6-7-8-19-16(18)13(4)14-9-11(2)15(17)12(3)10-14/h9-10,13,17H,5-8H2,1-4H3. The maximum atomic E-state index is 11.9. The topological polar surface area (TPSA) is 46.5 Å². The van der Waals surface area contributed by atoms with Gasteiger partial charge in [0.1, 0.15) is 5.75 Å². The summed E-state index contributed by atoms with van der Waals surface area (Å²) in [5.74, 6) is -0.188. The van der Waals surface area contributed by atoms with Crippen LogP contribution in [0.15, 0.2) is 12.1 Å². The van der Waals surface area contributed by atoms with Gasteiger partial charge >= 0.3 is 5.97 Å². The number of aryl methyl sites for hydroxylation is 2. The summed E-state index contributed by atoms with van der Waals surface area (Å²) in [7, 11) is 0. The average Bonchev–Trinajstić information content (AvgIpc) is 2.39. The molecule has 19 heavy (non-hydrogen) atoms. The van der Waals surface area contributed by atoms with Crippen molar-refractivity contribution in [2.45, 2.75) is 52.9 Å². The number of unbranched alkanes of at least 4 members (excludes halogenated alkanes) is 2. The molecule has 0 radical (unpaired) electrons. The summed E-state index contributed by atoms with van der Waals surface area (Å²) in [5, 5.41) is 9.74. The van der Waals surface area contributed by atoms with E-state index < -0.39 is 0 Å². The summed E-state index contributed by atoms with van der Waals surface area (Å²) >= 11 is 0. The summed E-state index contributed by atoms with van der Waals surface area (Å²) in [4.78, 5) is 11.9. The number of carbonyl (C=O) groups is 1. The number of benzene rings is 1. The van der Waals surface area contributed by atoms with Crippen molar-refractivity contribution in [3.05, 3.63) is 28.8 Å². The largest absolute Gasteiger partial charge is 0.507 e. The van der Waals surface area contributed by atoms with Crippen LogP contribution in [0.1, 0.15) is 55.7 Å². The van der Waals surface area contributed by atoms with Gasteiger partial charge in [0.2, 0.25) is 0 Å². The molecule has 1 aromatic rings. The van der Waals surface area contributed by atoms with Crippen molar-refractivity contribution in [3.8, 4) is 5.75 Å². The number of ether oxygens (including phenoxy) is 1. The predicted molar refractivity (Wildman–Crippen MR) is 76.5 cm³/mol. The lowest BCUT2D eigenvalue weighted by Crippen LogP contribution is -2.14. The first-order chi connectivity index (χ1) is 8.97. The lowest BCUT2D eigenvalue weighted by Gasteiger charge is -2.14. The van der Waals surface area contributed by atoms with Crippen molar-refractivity contribution in [3.63, 3.8) is 0 Å². The molecular weight excluding hydrogens is 240 g/mol. The molecule has 0 aliphatic carbocycles. The molecule has 0 bridgehead atoms. The molecule has 0 saturated carbocycles. The van der Waals surface area contributed by atoms with Gasteiger partial charge in [-0.3, -0.25) is 4.79 Å². The van der Waals surface area contributed by atoms with Crippen LogP contribution < -0.4 is 0 Å². The molecule has 3 nitrogen and oxygen atoms in total. The third-order valence-corrected chi connectivity index (χ3v) is 3.36. The van der Waals surface area contributed by atoms with Gasteiger partial charge in [-0.1, -0.05) is 31.9 Å². The van der Waals surface area contributed by atoms with Gasteiger partial charge in [-0.25, -0.2) is 0 Å².